The molecule has 4 nitrogen and oxygen atoms in total. The second kappa shape index (κ2) is 5.48. The summed E-state index contributed by atoms with van der Waals surface area (Å²) in [6.07, 6.45) is 0. The lowest BCUT2D eigenvalue weighted by Gasteiger charge is -2.05. The fourth-order valence-corrected chi connectivity index (χ4v) is 2.62. The quantitative estimate of drug-likeness (QED) is 0.865. The monoisotopic (exact) mass is 277 g/mol. The predicted molar refractivity (Wildman–Crippen MR) is 73.7 cm³/mol. The average molecular weight is 277 g/mol. The highest BCUT2D eigenvalue weighted by molar-refractivity contribution is 7.98. The number of thioether (sulfide) groups is 1. The zero-order valence-electron chi connectivity index (χ0n) is 11.1. The van der Waals surface area contributed by atoms with E-state index in [4.69, 9.17) is 9.52 Å². The van der Waals surface area contributed by atoms with Crippen molar-refractivity contribution in [2.75, 3.05) is 0 Å². The number of rotatable bonds is 4. The molecule has 100 valence electrons. The molecule has 1 N–H and O–H groups in total. The highest BCUT2D eigenvalue weighted by atomic mass is 32.2. The molecule has 0 unspecified atom stereocenters. The summed E-state index contributed by atoms with van der Waals surface area (Å²) in [6.45, 7) is 5.71. The van der Waals surface area contributed by atoms with Crippen LogP contribution in [-0.2, 0) is 5.75 Å². The Morgan fingerprint density at radius 3 is 2.63 bits per heavy atom. The standard InChI is InChI=1S/C14H15NO3S/c1-8-6-11(13(16)17)4-5-12(8)7-19-14-15-9(2)10(3)18-14/h4-6H,7H2,1-3H3,(H,16,17). The first kappa shape index (κ1) is 13.7. The summed E-state index contributed by atoms with van der Waals surface area (Å²) in [5.74, 6) is 0.646. The summed E-state index contributed by atoms with van der Waals surface area (Å²) in [6, 6.07) is 5.15. The number of benzene rings is 1. The third kappa shape index (κ3) is 3.17. The molecule has 1 heterocycles. The second-order valence-corrected chi connectivity index (χ2v) is 5.28. The van der Waals surface area contributed by atoms with Gasteiger partial charge in [-0.05, 0) is 44.0 Å². The minimum Gasteiger partial charge on any atom is -0.478 e. The lowest BCUT2D eigenvalue weighted by Crippen LogP contribution is -1.98. The summed E-state index contributed by atoms with van der Waals surface area (Å²) >= 11 is 1.51. The highest BCUT2D eigenvalue weighted by Gasteiger charge is 2.09. The van der Waals surface area contributed by atoms with Crippen LogP contribution in [0.2, 0.25) is 0 Å². The molecule has 0 radical (unpaired) electrons. The highest BCUT2D eigenvalue weighted by Crippen LogP contribution is 2.25. The van der Waals surface area contributed by atoms with Crippen LogP contribution in [0, 0.1) is 20.8 Å². The first-order chi connectivity index (χ1) is 8.97. The van der Waals surface area contributed by atoms with E-state index in [1.54, 1.807) is 12.1 Å². The van der Waals surface area contributed by atoms with Crippen LogP contribution >= 0.6 is 11.8 Å². The molecular weight excluding hydrogens is 262 g/mol. The third-order valence-electron chi connectivity index (χ3n) is 2.95. The van der Waals surface area contributed by atoms with Crippen LogP contribution in [0.3, 0.4) is 0 Å². The van der Waals surface area contributed by atoms with Crippen molar-refractivity contribution < 1.29 is 14.3 Å². The molecule has 0 amide bonds. The Morgan fingerprint density at radius 1 is 1.37 bits per heavy atom. The molecule has 0 bridgehead atoms. The lowest BCUT2D eigenvalue weighted by atomic mass is 10.1. The molecule has 0 fully saturated rings. The van der Waals surface area contributed by atoms with Crippen LogP contribution in [0.1, 0.15) is 32.9 Å². The topological polar surface area (TPSA) is 63.3 Å². The second-order valence-electron chi connectivity index (χ2n) is 4.36. The molecule has 0 aliphatic rings. The Morgan fingerprint density at radius 2 is 2.11 bits per heavy atom. The van der Waals surface area contributed by atoms with Crippen molar-refractivity contribution in [1.29, 1.82) is 0 Å². The number of carboxylic acids is 1. The lowest BCUT2D eigenvalue weighted by molar-refractivity contribution is 0.0697. The number of hydrogen-bond acceptors (Lipinski definition) is 4. The largest absolute Gasteiger partial charge is 0.478 e. The normalized spacial score (nSPS) is 10.7. The summed E-state index contributed by atoms with van der Waals surface area (Å²) in [7, 11) is 0. The van der Waals surface area contributed by atoms with Crippen molar-refractivity contribution in [2.45, 2.75) is 31.7 Å². The van der Waals surface area contributed by atoms with E-state index >= 15 is 0 Å². The zero-order valence-corrected chi connectivity index (χ0v) is 11.9. The first-order valence-electron chi connectivity index (χ1n) is 5.87. The Balaban J connectivity index is 2.09. The average Bonchev–Trinajstić information content (AvgIpc) is 2.67. The molecule has 0 atom stereocenters. The minimum atomic E-state index is -0.902. The van der Waals surface area contributed by atoms with E-state index < -0.39 is 5.97 Å². The van der Waals surface area contributed by atoms with Crippen LogP contribution in [0.4, 0.5) is 0 Å². The number of nitrogens with zero attached hydrogens (tertiary/aromatic N) is 1. The van der Waals surface area contributed by atoms with Gasteiger partial charge in [0.2, 0.25) is 0 Å². The molecule has 2 rings (SSSR count). The van der Waals surface area contributed by atoms with Crippen molar-refractivity contribution in [2.24, 2.45) is 0 Å². The Hall–Kier alpha value is -1.75. The molecule has 0 aliphatic heterocycles. The molecule has 2 aromatic rings. The van der Waals surface area contributed by atoms with Crippen LogP contribution in [0.25, 0.3) is 0 Å². The number of aromatic carboxylic acids is 1. The molecule has 1 aromatic carbocycles. The van der Waals surface area contributed by atoms with Gasteiger partial charge in [-0.1, -0.05) is 17.8 Å². The van der Waals surface area contributed by atoms with Gasteiger partial charge in [-0.25, -0.2) is 9.78 Å². The molecule has 0 spiro atoms. The van der Waals surface area contributed by atoms with Gasteiger partial charge in [0.15, 0.2) is 0 Å². The molecule has 1 aromatic heterocycles. The van der Waals surface area contributed by atoms with E-state index in [0.717, 1.165) is 22.6 Å². The number of aryl methyl sites for hydroxylation is 3. The van der Waals surface area contributed by atoms with E-state index in [1.807, 2.05) is 26.8 Å². The van der Waals surface area contributed by atoms with Crippen LogP contribution < -0.4 is 0 Å². The summed E-state index contributed by atoms with van der Waals surface area (Å²) < 4.78 is 5.50. The van der Waals surface area contributed by atoms with Gasteiger partial charge < -0.3 is 9.52 Å². The van der Waals surface area contributed by atoms with Crippen LogP contribution in [-0.4, -0.2) is 16.1 Å². The summed E-state index contributed by atoms with van der Waals surface area (Å²) in [5.41, 5.74) is 3.27. The van der Waals surface area contributed by atoms with E-state index in [9.17, 15) is 4.79 Å². The van der Waals surface area contributed by atoms with Crippen molar-refractivity contribution in [3.05, 3.63) is 46.3 Å². The Labute approximate surface area is 115 Å². The van der Waals surface area contributed by atoms with E-state index in [1.165, 1.54) is 11.8 Å². The summed E-state index contributed by atoms with van der Waals surface area (Å²) in [4.78, 5) is 15.2. The first-order valence-corrected chi connectivity index (χ1v) is 6.85. The van der Waals surface area contributed by atoms with E-state index in [2.05, 4.69) is 4.98 Å². The van der Waals surface area contributed by atoms with Gasteiger partial charge in [0.25, 0.3) is 5.22 Å². The molecule has 19 heavy (non-hydrogen) atoms. The maximum Gasteiger partial charge on any atom is 0.335 e. The van der Waals surface area contributed by atoms with Gasteiger partial charge >= 0.3 is 5.97 Å². The maximum absolute atomic E-state index is 10.9. The van der Waals surface area contributed by atoms with E-state index in [-0.39, 0.29) is 0 Å². The molecule has 5 heteroatoms. The van der Waals surface area contributed by atoms with Gasteiger partial charge in [0, 0.05) is 5.75 Å². The number of carbonyl (C=O) groups is 1. The third-order valence-corrected chi connectivity index (χ3v) is 3.83. The van der Waals surface area contributed by atoms with Crippen molar-refractivity contribution in [3.63, 3.8) is 0 Å². The van der Waals surface area contributed by atoms with Gasteiger partial charge in [-0.3, -0.25) is 0 Å². The van der Waals surface area contributed by atoms with Crippen LogP contribution in [0.15, 0.2) is 27.8 Å². The number of carboxylic acid groups (broad SMARTS) is 1. The molecule has 0 saturated heterocycles. The minimum absolute atomic E-state index is 0.314. The Bertz CT molecular complexity index is 600. The van der Waals surface area contributed by atoms with Gasteiger partial charge in [-0.15, -0.1) is 0 Å². The molecule has 0 saturated carbocycles. The fraction of sp³-hybridized carbons (Fsp3) is 0.286. The molecular formula is C14H15NO3S. The maximum atomic E-state index is 10.9. The van der Waals surface area contributed by atoms with Gasteiger partial charge in [0.05, 0.1) is 11.3 Å². The van der Waals surface area contributed by atoms with Crippen molar-refractivity contribution >= 4 is 17.7 Å². The van der Waals surface area contributed by atoms with Gasteiger partial charge in [0.1, 0.15) is 5.76 Å². The fourth-order valence-electron chi connectivity index (χ4n) is 1.64. The number of oxazole rings is 1. The van der Waals surface area contributed by atoms with Crippen LogP contribution in [0.5, 0.6) is 0 Å². The summed E-state index contributed by atoms with van der Waals surface area (Å²) in [5, 5.41) is 9.56. The van der Waals surface area contributed by atoms with Gasteiger partial charge in [-0.2, -0.15) is 0 Å². The zero-order chi connectivity index (χ0) is 14.0. The smallest absolute Gasteiger partial charge is 0.335 e. The Kier molecular flexibility index (Phi) is 3.95. The van der Waals surface area contributed by atoms with Crippen molar-refractivity contribution in [3.8, 4) is 0 Å². The number of hydrogen-bond donors (Lipinski definition) is 1. The van der Waals surface area contributed by atoms with E-state index in [0.29, 0.717) is 16.5 Å². The number of aromatic nitrogens is 1. The SMILES string of the molecule is Cc1cc(C(=O)O)ccc1CSc1nc(C)c(C)o1. The molecule has 0 aliphatic carbocycles. The predicted octanol–water partition coefficient (Wildman–Crippen LogP) is 3.59. The van der Waals surface area contributed by atoms with Crippen molar-refractivity contribution in [1.82, 2.24) is 4.98 Å².